The fourth-order valence-corrected chi connectivity index (χ4v) is 2.10. The van der Waals surface area contributed by atoms with Gasteiger partial charge in [-0.15, -0.1) is 0 Å². The molecule has 0 bridgehead atoms. The first-order chi connectivity index (χ1) is 5.83. The van der Waals surface area contributed by atoms with Crippen LogP contribution in [0.25, 0.3) is 0 Å². The maximum Gasteiger partial charge on any atom is 0.152 e. The van der Waals surface area contributed by atoms with Crippen molar-refractivity contribution in [2.75, 3.05) is 18.1 Å². The third kappa shape index (κ3) is 6.26. The van der Waals surface area contributed by atoms with E-state index in [1.165, 1.54) is 0 Å². The molecule has 0 aromatic heterocycles. The summed E-state index contributed by atoms with van der Waals surface area (Å²) in [5.41, 5.74) is -0.399. The van der Waals surface area contributed by atoms with Crippen molar-refractivity contribution >= 4 is 21.6 Å². The molecule has 80 valence electrons. The molecule has 0 fully saturated rings. The highest BCUT2D eigenvalue weighted by atomic mass is 35.5. The highest BCUT2D eigenvalue weighted by Gasteiger charge is 2.20. The van der Waals surface area contributed by atoms with Crippen LogP contribution in [-0.4, -0.2) is 37.2 Å². The number of halogens is 1. The molecule has 0 aromatic carbocycles. The minimum absolute atomic E-state index is 0.0419. The molecule has 13 heavy (non-hydrogen) atoms. The molecule has 0 saturated carbocycles. The van der Waals surface area contributed by atoms with Gasteiger partial charge in [0.25, 0.3) is 0 Å². The van der Waals surface area contributed by atoms with E-state index in [0.29, 0.717) is 6.42 Å². The second kappa shape index (κ2) is 5.14. The predicted molar refractivity (Wildman–Crippen MR) is 53.4 cm³/mol. The van der Waals surface area contributed by atoms with E-state index in [2.05, 4.69) is 4.84 Å². The minimum atomic E-state index is -3.12. The number of aliphatic hydroxyl groups is 1. The molecule has 2 N–H and O–H groups in total. The summed E-state index contributed by atoms with van der Waals surface area (Å²) in [6.07, 6.45) is 0.429. The van der Waals surface area contributed by atoms with Gasteiger partial charge in [-0.1, -0.05) is 0 Å². The molecule has 0 rings (SSSR count). The molecule has 0 saturated heterocycles. The lowest BCUT2D eigenvalue weighted by Crippen LogP contribution is -2.35. The summed E-state index contributed by atoms with van der Waals surface area (Å²) in [7, 11) is -3.12. The molecule has 0 radical (unpaired) electrons. The number of rotatable bonds is 6. The summed E-state index contributed by atoms with van der Waals surface area (Å²) in [5.74, 6) is -0.133. The van der Waals surface area contributed by atoms with Gasteiger partial charge in [-0.2, -0.15) is 0 Å². The Morgan fingerprint density at radius 1 is 1.38 bits per heavy atom. The van der Waals surface area contributed by atoms with E-state index in [1.54, 1.807) is 0 Å². The second-order valence-electron chi connectivity index (χ2n) is 3.60. The van der Waals surface area contributed by atoms with Crippen molar-refractivity contribution in [3.63, 3.8) is 0 Å². The molecule has 0 aliphatic carbocycles. The van der Waals surface area contributed by atoms with Gasteiger partial charge in [-0.25, -0.2) is 13.3 Å². The third-order valence-corrected chi connectivity index (χ3v) is 3.84. The molecule has 0 unspecified atom stereocenters. The topological polar surface area (TPSA) is 66.4 Å². The molecule has 0 heterocycles. The Balaban J connectivity index is 4.02. The van der Waals surface area contributed by atoms with Gasteiger partial charge < -0.3 is 5.11 Å². The van der Waals surface area contributed by atoms with E-state index in [1.807, 2.05) is 13.8 Å². The first-order valence-corrected chi connectivity index (χ1v) is 6.22. The maximum atomic E-state index is 11.2. The molecular weight excluding hydrogens is 214 g/mol. The Hall–Kier alpha value is 0.160. The largest absolute Gasteiger partial charge is 0.395 e. The summed E-state index contributed by atoms with van der Waals surface area (Å²) < 4.78 is 22.3. The highest BCUT2D eigenvalue weighted by Crippen LogP contribution is 2.10. The zero-order valence-electron chi connectivity index (χ0n) is 7.88. The standard InChI is InChI=1S/C7H16ClNO3S/c1-7(2,9-8)3-5-13(11,12)6-4-10/h9-10H,3-6H2,1-2H3. The van der Waals surface area contributed by atoms with E-state index < -0.39 is 15.4 Å². The summed E-state index contributed by atoms with van der Waals surface area (Å²) in [6, 6.07) is 0. The van der Waals surface area contributed by atoms with Crippen molar-refractivity contribution in [2.24, 2.45) is 0 Å². The van der Waals surface area contributed by atoms with E-state index >= 15 is 0 Å². The summed E-state index contributed by atoms with van der Waals surface area (Å²) in [4.78, 5) is 2.50. The number of hydrogen-bond acceptors (Lipinski definition) is 4. The SMILES string of the molecule is CC(C)(CCS(=O)(=O)CCO)NCl. The Kier molecular flexibility index (Phi) is 5.21. The van der Waals surface area contributed by atoms with E-state index in [9.17, 15) is 8.42 Å². The van der Waals surface area contributed by atoms with Gasteiger partial charge in [0.15, 0.2) is 9.84 Å². The molecule has 0 aromatic rings. The lowest BCUT2D eigenvalue weighted by atomic mass is 10.0. The van der Waals surface area contributed by atoms with E-state index in [-0.39, 0.29) is 18.1 Å². The Morgan fingerprint density at radius 3 is 2.31 bits per heavy atom. The zero-order valence-corrected chi connectivity index (χ0v) is 9.45. The Bertz CT molecular complexity index is 238. The van der Waals surface area contributed by atoms with Gasteiger partial charge in [0.1, 0.15) is 0 Å². The average molecular weight is 230 g/mol. The first kappa shape index (κ1) is 13.2. The molecule has 0 atom stereocenters. The van der Waals surface area contributed by atoms with Crippen LogP contribution in [0.2, 0.25) is 0 Å². The number of aliphatic hydroxyl groups excluding tert-OH is 1. The van der Waals surface area contributed by atoms with Crippen LogP contribution >= 0.6 is 11.8 Å². The van der Waals surface area contributed by atoms with Crippen LogP contribution in [0, 0.1) is 0 Å². The molecule has 0 amide bonds. The van der Waals surface area contributed by atoms with Crippen molar-refractivity contribution < 1.29 is 13.5 Å². The van der Waals surface area contributed by atoms with Crippen LogP contribution in [0.5, 0.6) is 0 Å². The maximum absolute atomic E-state index is 11.2. The lowest BCUT2D eigenvalue weighted by molar-refractivity contribution is 0.319. The van der Waals surface area contributed by atoms with Gasteiger partial charge in [0.2, 0.25) is 0 Å². The predicted octanol–water partition coefficient (Wildman–Crippen LogP) is 0.306. The Morgan fingerprint density at radius 2 is 1.92 bits per heavy atom. The summed E-state index contributed by atoms with van der Waals surface area (Å²) in [6.45, 7) is 3.31. The molecule has 4 nitrogen and oxygen atoms in total. The monoisotopic (exact) mass is 229 g/mol. The highest BCUT2D eigenvalue weighted by molar-refractivity contribution is 7.91. The second-order valence-corrected chi connectivity index (χ2v) is 6.10. The van der Waals surface area contributed by atoms with Gasteiger partial charge in [-0.05, 0) is 32.0 Å². The van der Waals surface area contributed by atoms with Crippen LogP contribution in [0.15, 0.2) is 0 Å². The fraction of sp³-hybridized carbons (Fsp3) is 1.00. The van der Waals surface area contributed by atoms with Crippen molar-refractivity contribution in [3.05, 3.63) is 0 Å². The van der Waals surface area contributed by atoms with Crippen LogP contribution in [-0.2, 0) is 9.84 Å². The van der Waals surface area contributed by atoms with Gasteiger partial charge >= 0.3 is 0 Å². The molecular formula is C7H16ClNO3S. The van der Waals surface area contributed by atoms with Crippen molar-refractivity contribution in [1.82, 2.24) is 4.84 Å². The van der Waals surface area contributed by atoms with E-state index in [0.717, 1.165) is 0 Å². The van der Waals surface area contributed by atoms with Gasteiger partial charge in [0, 0.05) is 5.54 Å². The number of sulfone groups is 1. The smallest absolute Gasteiger partial charge is 0.152 e. The van der Waals surface area contributed by atoms with Crippen molar-refractivity contribution in [2.45, 2.75) is 25.8 Å². The zero-order chi connectivity index (χ0) is 10.5. The minimum Gasteiger partial charge on any atom is -0.395 e. The summed E-state index contributed by atoms with van der Waals surface area (Å²) >= 11 is 5.40. The van der Waals surface area contributed by atoms with Gasteiger partial charge in [-0.3, -0.25) is 0 Å². The first-order valence-electron chi connectivity index (χ1n) is 4.02. The number of nitrogens with one attached hydrogen (secondary N) is 1. The van der Waals surface area contributed by atoms with Gasteiger partial charge in [0.05, 0.1) is 18.1 Å². The lowest BCUT2D eigenvalue weighted by Gasteiger charge is -2.21. The van der Waals surface area contributed by atoms with Crippen molar-refractivity contribution in [3.8, 4) is 0 Å². The van der Waals surface area contributed by atoms with Crippen LogP contribution < -0.4 is 4.84 Å². The third-order valence-electron chi connectivity index (χ3n) is 1.70. The van der Waals surface area contributed by atoms with Crippen LogP contribution in [0.1, 0.15) is 20.3 Å². The normalized spacial score (nSPS) is 13.2. The van der Waals surface area contributed by atoms with Crippen molar-refractivity contribution in [1.29, 1.82) is 0 Å². The number of hydrogen-bond donors (Lipinski definition) is 2. The Labute approximate surface area is 84.3 Å². The molecule has 0 aliphatic heterocycles. The molecule has 0 spiro atoms. The fourth-order valence-electron chi connectivity index (χ4n) is 0.699. The van der Waals surface area contributed by atoms with Crippen LogP contribution in [0.3, 0.4) is 0 Å². The van der Waals surface area contributed by atoms with Crippen LogP contribution in [0.4, 0.5) is 0 Å². The van der Waals surface area contributed by atoms with E-state index in [4.69, 9.17) is 16.9 Å². The average Bonchev–Trinajstić information content (AvgIpc) is 2.02. The molecule has 0 aliphatic rings. The summed E-state index contributed by atoms with van der Waals surface area (Å²) in [5, 5.41) is 8.47. The quantitative estimate of drug-likeness (QED) is 0.644. The molecule has 6 heteroatoms.